The van der Waals surface area contributed by atoms with Crippen molar-refractivity contribution in [1.82, 2.24) is 0 Å². The molecule has 3 nitrogen and oxygen atoms in total. The lowest BCUT2D eigenvalue weighted by molar-refractivity contribution is 0.103. The Morgan fingerprint density at radius 3 is 2.63 bits per heavy atom. The average molecular weight is 276 g/mol. The molecule has 2 aromatic rings. The van der Waals surface area contributed by atoms with Gasteiger partial charge in [0.1, 0.15) is 11.5 Å². The van der Waals surface area contributed by atoms with Crippen LogP contribution in [0.25, 0.3) is 0 Å². The van der Waals surface area contributed by atoms with Gasteiger partial charge in [-0.15, -0.1) is 11.3 Å². The number of hydrogen-bond donors (Lipinski definition) is 0. The Kier molecular flexibility index (Phi) is 4.22. The fourth-order valence-corrected chi connectivity index (χ4v) is 2.88. The first-order valence-corrected chi connectivity index (χ1v) is 6.92. The molecule has 0 saturated heterocycles. The molecule has 0 unspecified atom stereocenters. The first-order chi connectivity index (χ1) is 9.21. The number of benzene rings is 1. The summed E-state index contributed by atoms with van der Waals surface area (Å²) in [7, 11) is 3.15. The number of thiophene rings is 1. The first-order valence-electron chi connectivity index (χ1n) is 6.04. The van der Waals surface area contributed by atoms with Gasteiger partial charge in [-0.2, -0.15) is 0 Å². The summed E-state index contributed by atoms with van der Waals surface area (Å²) >= 11 is 1.46. The standard InChI is InChI=1S/C15H16O3S/c1-4-10-7-8-19-15(10)14(16)12-9-11(17-2)5-6-13(12)18-3/h5-9H,4H2,1-3H3. The molecule has 0 saturated carbocycles. The second kappa shape index (κ2) is 5.89. The second-order valence-corrected chi connectivity index (χ2v) is 4.94. The van der Waals surface area contributed by atoms with E-state index in [2.05, 4.69) is 0 Å². The van der Waals surface area contributed by atoms with Crippen LogP contribution in [0.5, 0.6) is 11.5 Å². The molecule has 0 fully saturated rings. The number of rotatable bonds is 5. The van der Waals surface area contributed by atoms with Crippen LogP contribution in [-0.4, -0.2) is 20.0 Å². The van der Waals surface area contributed by atoms with E-state index >= 15 is 0 Å². The molecule has 19 heavy (non-hydrogen) atoms. The molecule has 1 aromatic heterocycles. The maximum absolute atomic E-state index is 12.6. The average Bonchev–Trinajstić information content (AvgIpc) is 2.94. The van der Waals surface area contributed by atoms with Crippen LogP contribution in [0, 0.1) is 0 Å². The van der Waals surface area contributed by atoms with Crippen LogP contribution in [0.15, 0.2) is 29.6 Å². The summed E-state index contributed by atoms with van der Waals surface area (Å²) < 4.78 is 10.4. The van der Waals surface area contributed by atoms with Gasteiger partial charge in [0.15, 0.2) is 0 Å². The molecule has 0 N–H and O–H groups in total. The van der Waals surface area contributed by atoms with Crippen molar-refractivity contribution in [2.24, 2.45) is 0 Å². The minimum absolute atomic E-state index is 0.0115. The predicted molar refractivity (Wildman–Crippen MR) is 76.7 cm³/mol. The highest BCUT2D eigenvalue weighted by molar-refractivity contribution is 7.12. The highest BCUT2D eigenvalue weighted by Crippen LogP contribution is 2.29. The Balaban J connectivity index is 2.48. The number of hydrogen-bond acceptors (Lipinski definition) is 4. The van der Waals surface area contributed by atoms with Crippen molar-refractivity contribution in [3.63, 3.8) is 0 Å². The van der Waals surface area contributed by atoms with Gasteiger partial charge in [-0.3, -0.25) is 4.79 Å². The van der Waals surface area contributed by atoms with Gasteiger partial charge in [-0.25, -0.2) is 0 Å². The number of ketones is 1. The quantitative estimate of drug-likeness (QED) is 0.783. The Bertz CT molecular complexity index is 587. The molecule has 2 rings (SSSR count). The molecule has 0 aliphatic heterocycles. The van der Waals surface area contributed by atoms with E-state index in [9.17, 15) is 4.79 Å². The van der Waals surface area contributed by atoms with Crippen LogP contribution in [0.1, 0.15) is 27.7 Å². The molecule has 0 aliphatic carbocycles. The number of ether oxygens (including phenoxy) is 2. The van der Waals surface area contributed by atoms with E-state index in [4.69, 9.17) is 9.47 Å². The van der Waals surface area contributed by atoms with Crippen molar-refractivity contribution in [1.29, 1.82) is 0 Å². The molecule has 0 spiro atoms. The van der Waals surface area contributed by atoms with E-state index < -0.39 is 0 Å². The van der Waals surface area contributed by atoms with Crippen molar-refractivity contribution in [3.05, 3.63) is 45.6 Å². The van der Waals surface area contributed by atoms with Gasteiger partial charge in [0.05, 0.1) is 24.7 Å². The first kappa shape index (κ1) is 13.6. The van der Waals surface area contributed by atoms with Gasteiger partial charge in [0.25, 0.3) is 0 Å². The van der Waals surface area contributed by atoms with Crippen LogP contribution in [0.3, 0.4) is 0 Å². The normalized spacial score (nSPS) is 10.3. The van der Waals surface area contributed by atoms with E-state index in [1.807, 2.05) is 18.4 Å². The van der Waals surface area contributed by atoms with Gasteiger partial charge in [0, 0.05) is 0 Å². The van der Waals surface area contributed by atoms with Crippen molar-refractivity contribution in [3.8, 4) is 11.5 Å². The zero-order valence-corrected chi connectivity index (χ0v) is 12.0. The molecule has 100 valence electrons. The fourth-order valence-electron chi connectivity index (χ4n) is 1.93. The van der Waals surface area contributed by atoms with Gasteiger partial charge in [-0.1, -0.05) is 6.92 Å². The summed E-state index contributed by atoms with van der Waals surface area (Å²) in [5.41, 5.74) is 1.61. The highest BCUT2D eigenvalue weighted by atomic mass is 32.1. The summed E-state index contributed by atoms with van der Waals surface area (Å²) in [5.74, 6) is 1.21. The molecule has 0 amide bonds. The van der Waals surface area contributed by atoms with Crippen LogP contribution in [0.4, 0.5) is 0 Å². The number of methoxy groups -OCH3 is 2. The third-order valence-electron chi connectivity index (χ3n) is 2.99. The summed E-state index contributed by atoms with van der Waals surface area (Å²) in [6.45, 7) is 2.04. The summed E-state index contributed by atoms with van der Waals surface area (Å²) in [4.78, 5) is 13.4. The van der Waals surface area contributed by atoms with Crippen molar-refractivity contribution in [2.45, 2.75) is 13.3 Å². The lowest BCUT2D eigenvalue weighted by Crippen LogP contribution is -2.04. The van der Waals surface area contributed by atoms with Gasteiger partial charge >= 0.3 is 0 Å². The van der Waals surface area contributed by atoms with E-state index in [1.54, 1.807) is 32.4 Å². The largest absolute Gasteiger partial charge is 0.497 e. The SMILES string of the molecule is CCc1ccsc1C(=O)c1cc(OC)ccc1OC. The zero-order chi connectivity index (χ0) is 13.8. The Hall–Kier alpha value is -1.81. The second-order valence-electron chi connectivity index (χ2n) is 4.02. The van der Waals surface area contributed by atoms with Gasteiger partial charge in [0.2, 0.25) is 5.78 Å². The third kappa shape index (κ3) is 2.63. The lowest BCUT2D eigenvalue weighted by Gasteiger charge is -2.09. The molecule has 0 aliphatic rings. The molecule has 0 bridgehead atoms. The Morgan fingerprint density at radius 1 is 1.21 bits per heavy atom. The molecule has 1 aromatic carbocycles. The van der Waals surface area contributed by atoms with Crippen molar-refractivity contribution < 1.29 is 14.3 Å². The molecular formula is C15H16O3S. The fraction of sp³-hybridized carbons (Fsp3) is 0.267. The van der Waals surface area contributed by atoms with Crippen molar-refractivity contribution >= 4 is 17.1 Å². The summed E-state index contributed by atoms with van der Waals surface area (Å²) in [6, 6.07) is 7.25. The summed E-state index contributed by atoms with van der Waals surface area (Å²) in [5, 5.41) is 1.94. The van der Waals surface area contributed by atoms with E-state index in [0.717, 1.165) is 16.9 Å². The minimum atomic E-state index is -0.0115. The topological polar surface area (TPSA) is 35.5 Å². The molecule has 1 heterocycles. The maximum atomic E-state index is 12.6. The Morgan fingerprint density at radius 2 is 2.00 bits per heavy atom. The van der Waals surface area contributed by atoms with E-state index in [-0.39, 0.29) is 5.78 Å². The summed E-state index contributed by atoms with van der Waals surface area (Å²) in [6.07, 6.45) is 0.844. The predicted octanol–water partition coefficient (Wildman–Crippen LogP) is 3.56. The minimum Gasteiger partial charge on any atom is -0.497 e. The Labute approximate surface area is 116 Å². The monoisotopic (exact) mass is 276 g/mol. The van der Waals surface area contributed by atoms with Crippen LogP contribution >= 0.6 is 11.3 Å². The van der Waals surface area contributed by atoms with Crippen LogP contribution in [-0.2, 0) is 6.42 Å². The number of carbonyl (C=O) groups is 1. The molecule has 0 atom stereocenters. The number of aryl methyl sites for hydroxylation is 1. The zero-order valence-electron chi connectivity index (χ0n) is 11.2. The highest BCUT2D eigenvalue weighted by Gasteiger charge is 2.19. The molecule has 0 radical (unpaired) electrons. The van der Waals surface area contributed by atoms with Crippen LogP contribution in [0.2, 0.25) is 0 Å². The molecular weight excluding hydrogens is 260 g/mol. The van der Waals surface area contributed by atoms with E-state index in [1.165, 1.54) is 11.3 Å². The molecule has 4 heteroatoms. The van der Waals surface area contributed by atoms with Gasteiger partial charge in [-0.05, 0) is 41.6 Å². The third-order valence-corrected chi connectivity index (χ3v) is 3.94. The van der Waals surface area contributed by atoms with Crippen molar-refractivity contribution in [2.75, 3.05) is 14.2 Å². The smallest absolute Gasteiger partial charge is 0.207 e. The van der Waals surface area contributed by atoms with Gasteiger partial charge < -0.3 is 9.47 Å². The lowest BCUT2D eigenvalue weighted by atomic mass is 10.0. The number of carbonyl (C=O) groups excluding carboxylic acids is 1. The van der Waals surface area contributed by atoms with E-state index in [0.29, 0.717) is 17.1 Å². The van der Waals surface area contributed by atoms with Crippen LogP contribution < -0.4 is 9.47 Å². The maximum Gasteiger partial charge on any atom is 0.207 e.